The zero-order valence-corrected chi connectivity index (χ0v) is 7.31. The Morgan fingerprint density at radius 2 is 2.00 bits per heavy atom. The highest BCUT2D eigenvalue weighted by molar-refractivity contribution is 6.19. The molecule has 0 aromatic heterocycles. The summed E-state index contributed by atoms with van der Waals surface area (Å²) in [6, 6.07) is 6.97. The van der Waals surface area contributed by atoms with Crippen molar-refractivity contribution in [2.75, 3.05) is 0 Å². The highest BCUT2D eigenvalue weighted by Gasteiger charge is 2.26. The number of benzene rings is 1. The summed E-state index contributed by atoms with van der Waals surface area (Å²) >= 11 is 0. The van der Waals surface area contributed by atoms with Gasteiger partial charge in [0.15, 0.2) is 12.1 Å². The molecule has 0 radical (unpaired) electrons. The molecule has 1 unspecified atom stereocenters. The predicted molar refractivity (Wildman–Crippen MR) is 50.4 cm³/mol. The lowest BCUT2D eigenvalue weighted by molar-refractivity contribution is -0.125. The lowest BCUT2D eigenvalue weighted by atomic mass is 9.89. The van der Waals surface area contributed by atoms with Crippen molar-refractivity contribution in [2.24, 2.45) is 0 Å². The van der Waals surface area contributed by atoms with E-state index < -0.39 is 11.9 Å². The zero-order valence-electron chi connectivity index (χ0n) is 7.31. The second kappa shape index (κ2) is 3.20. The van der Waals surface area contributed by atoms with E-state index in [1.165, 1.54) is 6.08 Å². The zero-order chi connectivity index (χ0) is 10.1. The Balaban J connectivity index is 2.63. The molecular formula is C11H8O3. The number of rotatable bonds is 1. The summed E-state index contributed by atoms with van der Waals surface area (Å²) in [6.07, 6.45) is 0.773. The fraction of sp³-hybridized carbons (Fsp3) is 0.0909. The third-order valence-electron chi connectivity index (χ3n) is 2.26. The van der Waals surface area contributed by atoms with Gasteiger partial charge in [-0.2, -0.15) is 0 Å². The Morgan fingerprint density at radius 3 is 2.71 bits per heavy atom. The van der Waals surface area contributed by atoms with Crippen LogP contribution in [0.1, 0.15) is 17.2 Å². The lowest BCUT2D eigenvalue weighted by Crippen LogP contribution is -2.19. The van der Waals surface area contributed by atoms with E-state index in [2.05, 4.69) is 0 Å². The number of Topliss-reactive ketones (excluding diaryl/α,β-unsaturated/α-hetero) is 1. The maximum Gasteiger partial charge on any atom is 0.199 e. The molecule has 1 aromatic carbocycles. The summed E-state index contributed by atoms with van der Waals surface area (Å²) in [5.41, 5.74) is 1.31. The Bertz CT molecular complexity index is 432. The number of aliphatic hydroxyl groups excluding tert-OH is 1. The van der Waals surface area contributed by atoms with E-state index in [1.54, 1.807) is 24.3 Å². The number of carbonyl (C=O) groups is 2. The molecule has 1 N–H and O–H groups in total. The Hall–Kier alpha value is -1.74. The van der Waals surface area contributed by atoms with Gasteiger partial charge in [0.2, 0.25) is 0 Å². The number of hydrogen-bond acceptors (Lipinski definition) is 3. The van der Waals surface area contributed by atoms with Gasteiger partial charge in [-0.3, -0.25) is 9.59 Å². The molecular weight excluding hydrogens is 180 g/mol. The molecule has 70 valence electrons. The molecule has 0 aliphatic heterocycles. The summed E-state index contributed by atoms with van der Waals surface area (Å²) in [7, 11) is 0. The van der Waals surface area contributed by atoms with Crippen molar-refractivity contribution >= 4 is 18.1 Å². The molecule has 0 spiro atoms. The molecule has 0 bridgehead atoms. The smallest absolute Gasteiger partial charge is 0.199 e. The minimum absolute atomic E-state index is 0.0243. The number of carbonyl (C=O) groups excluding carboxylic acids is 2. The predicted octanol–water partition coefficient (Wildman–Crippen LogP) is 0.885. The first-order valence-electron chi connectivity index (χ1n) is 4.22. The van der Waals surface area contributed by atoms with E-state index in [1.807, 2.05) is 0 Å². The molecule has 0 amide bonds. The van der Waals surface area contributed by atoms with Gasteiger partial charge in [-0.05, 0) is 17.2 Å². The summed E-state index contributed by atoms with van der Waals surface area (Å²) in [5, 5.41) is 9.58. The molecule has 1 aromatic rings. The molecule has 1 aliphatic carbocycles. The number of hydrogen-bond donors (Lipinski definition) is 1. The maximum atomic E-state index is 11.4. The van der Waals surface area contributed by atoms with Crippen LogP contribution in [0.3, 0.4) is 0 Å². The largest absolute Gasteiger partial charge is 0.380 e. The summed E-state index contributed by atoms with van der Waals surface area (Å²) in [5.74, 6) is -0.529. The van der Waals surface area contributed by atoms with Gasteiger partial charge in [-0.15, -0.1) is 0 Å². The third-order valence-corrected chi connectivity index (χ3v) is 2.26. The van der Waals surface area contributed by atoms with Gasteiger partial charge in [-0.1, -0.05) is 24.3 Å². The van der Waals surface area contributed by atoms with Crippen molar-refractivity contribution in [3.63, 3.8) is 0 Å². The fourth-order valence-corrected chi connectivity index (χ4v) is 1.52. The molecule has 0 heterocycles. The van der Waals surface area contributed by atoms with Gasteiger partial charge in [0.1, 0.15) is 6.10 Å². The van der Waals surface area contributed by atoms with Crippen LogP contribution in [0.5, 0.6) is 0 Å². The van der Waals surface area contributed by atoms with Gasteiger partial charge < -0.3 is 5.11 Å². The summed E-state index contributed by atoms with van der Waals surface area (Å²) < 4.78 is 0. The van der Waals surface area contributed by atoms with Crippen LogP contribution in [0, 0.1) is 0 Å². The molecule has 3 heteroatoms. The average Bonchev–Trinajstić information content (AvgIpc) is 2.23. The van der Waals surface area contributed by atoms with Crippen molar-refractivity contribution in [2.45, 2.75) is 6.10 Å². The quantitative estimate of drug-likeness (QED) is 0.526. The Kier molecular flexibility index (Phi) is 2.02. The van der Waals surface area contributed by atoms with Gasteiger partial charge in [0.25, 0.3) is 0 Å². The monoisotopic (exact) mass is 188 g/mol. The van der Waals surface area contributed by atoms with E-state index in [0.29, 0.717) is 11.8 Å². The SMILES string of the molecule is O=CC1=Cc2ccccc2C(O)C1=O. The van der Waals surface area contributed by atoms with Crippen molar-refractivity contribution in [3.8, 4) is 0 Å². The summed E-state index contributed by atoms with van der Waals surface area (Å²) in [4.78, 5) is 21.9. The highest BCUT2D eigenvalue weighted by Crippen LogP contribution is 2.27. The minimum Gasteiger partial charge on any atom is -0.380 e. The molecule has 0 saturated heterocycles. The van der Waals surface area contributed by atoms with Crippen molar-refractivity contribution in [1.29, 1.82) is 0 Å². The van der Waals surface area contributed by atoms with Crippen molar-refractivity contribution < 1.29 is 14.7 Å². The number of aliphatic hydroxyl groups is 1. The summed E-state index contributed by atoms with van der Waals surface area (Å²) in [6.45, 7) is 0. The number of aldehydes is 1. The van der Waals surface area contributed by atoms with E-state index in [4.69, 9.17) is 0 Å². The average molecular weight is 188 g/mol. The minimum atomic E-state index is -1.20. The second-order valence-corrected chi connectivity index (χ2v) is 3.11. The topological polar surface area (TPSA) is 54.4 Å². The van der Waals surface area contributed by atoms with E-state index >= 15 is 0 Å². The van der Waals surface area contributed by atoms with Crippen molar-refractivity contribution in [3.05, 3.63) is 41.0 Å². The number of ketones is 1. The first kappa shape index (κ1) is 8.84. The van der Waals surface area contributed by atoms with Gasteiger partial charge >= 0.3 is 0 Å². The molecule has 0 saturated carbocycles. The Morgan fingerprint density at radius 1 is 1.29 bits per heavy atom. The van der Waals surface area contributed by atoms with Crippen LogP contribution < -0.4 is 0 Å². The Labute approximate surface area is 80.7 Å². The van der Waals surface area contributed by atoms with E-state index in [0.717, 1.165) is 5.56 Å². The lowest BCUT2D eigenvalue weighted by Gasteiger charge is -2.17. The van der Waals surface area contributed by atoms with Gasteiger partial charge in [0.05, 0.1) is 5.57 Å². The molecule has 14 heavy (non-hydrogen) atoms. The second-order valence-electron chi connectivity index (χ2n) is 3.11. The van der Waals surface area contributed by atoms with Crippen LogP contribution in [0.2, 0.25) is 0 Å². The van der Waals surface area contributed by atoms with Crippen LogP contribution in [-0.2, 0) is 9.59 Å². The molecule has 0 fully saturated rings. The van der Waals surface area contributed by atoms with Gasteiger partial charge in [-0.25, -0.2) is 0 Å². The molecule has 1 atom stereocenters. The number of fused-ring (bicyclic) bond motifs is 1. The third kappa shape index (κ3) is 1.18. The van der Waals surface area contributed by atoms with Gasteiger partial charge in [0, 0.05) is 0 Å². The first-order chi connectivity index (χ1) is 6.74. The van der Waals surface area contributed by atoms with Crippen LogP contribution in [0.25, 0.3) is 6.08 Å². The molecule has 2 rings (SSSR count). The molecule has 3 nitrogen and oxygen atoms in total. The maximum absolute atomic E-state index is 11.4. The van der Waals surface area contributed by atoms with Crippen LogP contribution in [0.15, 0.2) is 29.8 Å². The van der Waals surface area contributed by atoms with Crippen LogP contribution in [-0.4, -0.2) is 17.2 Å². The van der Waals surface area contributed by atoms with Crippen LogP contribution in [0.4, 0.5) is 0 Å². The standard InChI is InChI=1S/C11H8O3/c12-6-8-5-7-3-1-2-4-9(7)11(14)10(8)13/h1-6,11,14H. The highest BCUT2D eigenvalue weighted by atomic mass is 16.3. The van der Waals surface area contributed by atoms with Crippen LogP contribution >= 0.6 is 0 Å². The van der Waals surface area contributed by atoms with E-state index in [9.17, 15) is 14.7 Å². The van der Waals surface area contributed by atoms with Crippen molar-refractivity contribution in [1.82, 2.24) is 0 Å². The first-order valence-corrected chi connectivity index (χ1v) is 4.22. The van der Waals surface area contributed by atoms with E-state index in [-0.39, 0.29) is 5.57 Å². The fourth-order valence-electron chi connectivity index (χ4n) is 1.52. The molecule has 1 aliphatic rings. The normalized spacial score (nSPS) is 19.9.